The first-order chi connectivity index (χ1) is 5.47. The van der Waals surface area contributed by atoms with E-state index in [4.69, 9.17) is 4.74 Å². The van der Waals surface area contributed by atoms with Crippen molar-refractivity contribution < 1.29 is 4.74 Å². The highest BCUT2D eigenvalue weighted by molar-refractivity contribution is 6.99. The second-order valence-electron chi connectivity index (χ2n) is 2.40. The monoisotopic (exact) mass is 171 g/mol. The molecule has 1 aliphatic rings. The van der Waals surface area contributed by atoms with Crippen LogP contribution in [0.25, 0.3) is 0 Å². The normalized spacial score (nSPS) is 25.3. The number of ether oxygens (including phenoxy) is 1. The minimum Gasteiger partial charge on any atom is -0.369 e. The molecule has 5 heteroatoms. The van der Waals surface area contributed by atoms with E-state index in [1.54, 1.807) is 6.20 Å². The van der Waals surface area contributed by atoms with E-state index in [0.717, 1.165) is 25.4 Å². The maximum Gasteiger partial charge on any atom is 0.115 e. The molecule has 1 fully saturated rings. The Hall–Kier alpha value is -0.520. The third-order valence-electron chi connectivity index (χ3n) is 1.64. The summed E-state index contributed by atoms with van der Waals surface area (Å²) in [6.45, 7) is 2.56. The highest BCUT2D eigenvalue weighted by Crippen LogP contribution is 2.15. The fourth-order valence-electron chi connectivity index (χ4n) is 1.07. The molecule has 1 aromatic heterocycles. The van der Waals surface area contributed by atoms with Crippen molar-refractivity contribution in [1.29, 1.82) is 0 Å². The first-order valence-corrected chi connectivity index (χ1v) is 4.29. The molecule has 60 valence electrons. The van der Waals surface area contributed by atoms with Gasteiger partial charge in [-0.2, -0.15) is 8.75 Å². The minimum absolute atomic E-state index is 0.113. The number of morpholine rings is 1. The topological polar surface area (TPSA) is 47.0 Å². The molecule has 1 aliphatic heterocycles. The van der Waals surface area contributed by atoms with E-state index in [2.05, 4.69) is 14.1 Å². The van der Waals surface area contributed by atoms with Crippen molar-refractivity contribution in [2.45, 2.75) is 6.10 Å². The van der Waals surface area contributed by atoms with Crippen LogP contribution in [0.15, 0.2) is 6.20 Å². The van der Waals surface area contributed by atoms with Crippen molar-refractivity contribution in [3.8, 4) is 0 Å². The van der Waals surface area contributed by atoms with E-state index < -0.39 is 0 Å². The SMILES string of the molecule is c1nsnc1C1CNCCO1. The van der Waals surface area contributed by atoms with E-state index in [-0.39, 0.29) is 6.10 Å². The zero-order chi connectivity index (χ0) is 7.52. The average molecular weight is 171 g/mol. The van der Waals surface area contributed by atoms with Crippen LogP contribution in [0.5, 0.6) is 0 Å². The van der Waals surface area contributed by atoms with Crippen LogP contribution in [0, 0.1) is 0 Å². The Morgan fingerprint density at radius 2 is 2.73 bits per heavy atom. The molecule has 0 spiro atoms. The quantitative estimate of drug-likeness (QED) is 0.655. The molecule has 1 unspecified atom stereocenters. The summed E-state index contributed by atoms with van der Waals surface area (Å²) in [4.78, 5) is 0. The maximum absolute atomic E-state index is 5.46. The maximum atomic E-state index is 5.46. The van der Waals surface area contributed by atoms with Crippen molar-refractivity contribution in [2.75, 3.05) is 19.7 Å². The van der Waals surface area contributed by atoms with Crippen molar-refractivity contribution in [3.05, 3.63) is 11.9 Å². The predicted molar refractivity (Wildman–Crippen MR) is 41.5 cm³/mol. The van der Waals surface area contributed by atoms with E-state index in [0.29, 0.717) is 0 Å². The third kappa shape index (κ3) is 1.55. The van der Waals surface area contributed by atoms with Crippen LogP contribution in [0.1, 0.15) is 11.8 Å². The van der Waals surface area contributed by atoms with Gasteiger partial charge in [0.15, 0.2) is 0 Å². The molecule has 2 rings (SSSR count). The van der Waals surface area contributed by atoms with Gasteiger partial charge in [-0.1, -0.05) is 0 Å². The van der Waals surface area contributed by atoms with Crippen molar-refractivity contribution >= 4 is 11.7 Å². The van der Waals surface area contributed by atoms with Crippen LogP contribution in [-0.4, -0.2) is 28.4 Å². The van der Waals surface area contributed by atoms with Crippen molar-refractivity contribution in [1.82, 2.24) is 14.1 Å². The molecule has 2 heterocycles. The standard InChI is InChI=1S/C6H9N3OS/c1-2-10-6(4-7-1)5-3-8-11-9-5/h3,6-7H,1-2,4H2. The molecular formula is C6H9N3OS. The van der Waals surface area contributed by atoms with Gasteiger partial charge in [0.2, 0.25) is 0 Å². The molecule has 0 radical (unpaired) electrons. The lowest BCUT2D eigenvalue weighted by Crippen LogP contribution is -2.33. The number of hydrogen-bond acceptors (Lipinski definition) is 5. The lowest BCUT2D eigenvalue weighted by Gasteiger charge is -2.21. The summed E-state index contributed by atoms with van der Waals surface area (Å²) >= 11 is 1.23. The Bertz CT molecular complexity index is 208. The van der Waals surface area contributed by atoms with Gasteiger partial charge < -0.3 is 10.1 Å². The summed E-state index contributed by atoms with van der Waals surface area (Å²) in [5.41, 5.74) is 0.946. The molecule has 0 amide bonds. The highest BCUT2D eigenvalue weighted by atomic mass is 32.1. The van der Waals surface area contributed by atoms with Gasteiger partial charge in [0, 0.05) is 13.1 Å². The fraction of sp³-hybridized carbons (Fsp3) is 0.667. The molecule has 4 nitrogen and oxygen atoms in total. The van der Waals surface area contributed by atoms with E-state index >= 15 is 0 Å². The van der Waals surface area contributed by atoms with Crippen LogP contribution in [0.4, 0.5) is 0 Å². The smallest absolute Gasteiger partial charge is 0.115 e. The zero-order valence-electron chi connectivity index (χ0n) is 5.99. The average Bonchev–Trinajstić information content (AvgIpc) is 2.58. The second kappa shape index (κ2) is 3.25. The van der Waals surface area contributed by atoms with Gasteiger partial charge >= 0.3 is 0 Å². The zero-order valence-corrected chi connectivity index (χ0v) is 6.80. The van der Waals surface area contributed by atoms with Gasteiger partial charge in [0.25, 0.3) is 0 Å². The Morgan fingerprint density at radius 1 is 1.73 bits per heavy atom. The first kappa shape index (κ1) is 7.15. The van der Waals surface area contributed by atoms with E-state index in [1.165, 1.54) is 11.7 Å². The van der Waals surface area contributed by atoms with Crippen LogP contribution in [-0.2, 0) is 4.74 Å². The second-order valence-corrected chi connectivity index (χ2v) is 2.95. The summed E-state index contributed by atoms with van der Waals surface area (Å²) in [6, 6.07) is 0. The van der Waals surface area contributed by atoms with E-state index in [1.807, 2.05) is 0 Å². The van der Waals surface area contributed by atoms with Gasteiger partial charge in [-0.3, -0.25) is 0 Å². The summed E-state index contributed by atoms with van der Waals surface area (Å²) in [7, 11) is 0. The molecule has 1 saturated heterocycles. The molecule has 11 heavy (non-hydrogen) atoms. The van der Waals surface area contributed by atoms with Crippen LogP contribution in [0.2, 0.25) is 0 Å². The van der Waals surface area contributed by atoms with Gasteiger partial charge in [0.1, 0.15) is 11.8 Å². The fourth-order valence-corrected chi connectivity index (χ4v) is 1.53. The minimum atomic E-state index is 0.113. The van der Waals surface area contributed by atoms with E-state index in [9.17, 15) is 0 Å². The molecule has 1 aromatic rings. The van der Waals surface area contributed by atoms with Crippen LogP contribution in [0.3, 0.4) is 0 Å². The van der Waals surface area contributed by atoms with Gasteiger partial charge in [-0.25, -0.2) is 0 Å². The van der Waals surface area contributed by atoms with Gasteiger partial charge in [-0.15, -0.1) is 0 Å². The molecular weight excluding hydrogens is 162 g/mol. The number of hydrogen-bond donors (Lipinski definition) is 1. The Labute approximate surface area is 68.9 Å². The van der Waals surface area contributed by atoms with Crippen LogP contribution < -0.4 is 5.32 Å². The number of nitrogens with zero attached hydrogens (tertiary/aromatic N) is 2. The summed E-state index contributed by atoms with van der Waals surface area (Å²) in [5, 5.41) is 3.23. The Balaban J connectivity index is 2.04. The molecule has 0 saturated carbocycles. The highest BCUT2D eigenvalue weighted by Gasteiger charge is 2.17. The summed E-state index contributed by atoms with van der Waals surface area (Å²) in [5.74, 6) is 0. The number of aromatic nitrogens is 2. The Kier molecular flexibility index (Phi) is 2.11. The van der Waals surface area contributed by atoms with Gasteiger partial charge in [0.05, 0.1) is 24.5 Å². The summed E-state index contributed by atoms with van der Waals surface area (Å²) < 4.78 is 13.5. The summed E-state index contributed by atoms with van der Waals surface area (Å²) in [6.07, 6.45) is 1.88. The Morgan fingerprint density at radius 3 is 3.36 bits per heavy atom. The number of nitrogens with one attached hydrogen (secondary N) is 1. The van der Waals surface area contributed by atoms with Crippen LogP contribution >= 0.6 is 11.7 Å². The molecule has 0 aliphatic carbocycles. The lowest BCUT2D eigenvalue weighted by atomic mass is 10.2. The first-order valence-electron chi connectivity index (χ1n) is 3.56. The molecule has 1 N–H and O–H groups in total. The predicted octanol–water partition coefficient (Wildman–Crippen LogP) is 0.199. The molecule has 1 atom stereocenters. The van der Waals surface area contributed by atoms with Crippen molar-refractivity contribution in [2.24, 2.45) is 0 Å². The van der Waals surface area contributed by atoms with Crippen molar-refractivity contribution in [3.63, 3.8) is 0 Å². The molecule has 0 bridgehead atoms. The number of rotatable bonds is 1. The third-order valence-corrected chi connectivity index (χ3v) is 2.13. The van der Waals surface area contributed by atoms with Gasteiger partial charge in [-0.05, 0) is 0 Å². The lowest BCUT2D eigenvalue weighted by molar-refractivity contribution is 0.0255. The molecule has 0 aromatic carbocycles. The largest absolute Gasteiger partial charge is 0.369 e.